The zero-order valence-electron chi connectivity index (χ0n) is 11.9. The Balaban J connectivity index is 1.67. The molecule has 0 bridgehead atoms. The van der Waals surface area contributed by atoms with Crippen LogP contribution >= 0.6 is 11.8 Å². The Morgan fingerprint density at radius 1 is 1.21 bits per heavy atom. The third-order valence-corrected chi connectivity index (χ3v) is 6.39. The molecule has 0 aliphatic carbocycles. The van der Waals surface area contributed by atoms with Crippen molar-refractivity contribution in [3.8, 4) is 0 Å². The van der Waals surface area contributed by atoms with Crippen LogP contribution in [-0.2, 0) is 9.47 Å². The third kappa shape index (κ3) is 2.82. The summed E-state index contributed by atoms with van der Waals surface area (Å²) in [5.41, 5.74) is -0.271. The molecular formula is C15H26O3S. The molecule has 3 heterocycles. The molecule has 4 atom stereocenters. The van der Waals surface area contributed by atoms with Crippen LogP contribution in [0, 0.1) is 5.92 Å². The summed E-state index contributed by atoms with van der Waals surface area (Å²) in [5, 5.41) is 10.8. The quantitative estimate of drug-likeness (QED) is 0.847. The largest absolute Gasteiger partial charge is 0.390 e. The monoisotopic (exact) mass is 286 g/mol. The van der Waals surface area contributed by atoms with E-state index in [0.717, 1.165) is 51.1 Å². The Morgan fingerprint density at radius 2 is 2.11 bits per heavy atom. The summed E-state index contributed by atoms with van der Waals surface area (Å²) in [4.78, 5) is 0. The van der Waals surface area contributed by atoms with E-state index in [-0.39, 0.29) is 17.3 Å². The molecule has 3 aliphatic heterocycles. The number of hydrogen-bond acceptors (Lipinski definition) is 4. The van der Waals surface area contributed by atoms with E-state index in [1.165, 1.54) is 12.2 Å². The number of hydrogen-bond donors (Lipinski definition) is 1. The van der Waals surface area contributed by atoms with E-state index in [9.17, 15) is 5.11 Å². The predicted molar refractivity (Wildman–Crippen MR) is 77.6 cm³/mol. The fraction of sp³-hybridized carbons (Fsp3) is 1.00. The summed E-state index contributed by atoms with van der Waals surface area (Å²) < 4.78 is 12.0. The van der Waals surface area contributed by atoms with Gasteiger partial charge in [0.2, 0.25) is 0 Å². The molecule has 0 radical (unpaired) electrons. The van der Waals surface area contributed by atoms with Crippen LogP contribution in [0.3, 0.4) is 0 Å². The van der Waals surface area contributed by atoms with Crippen LogP contribution in [0.5, 0.6) is 0 Å². The van der Waals surface area contributed by atoms with Gasteiger partial charge in [0, 0.05) is 19.0 Å². The van der Waals surface area contributed by atoms with Gasteiger partial charge >= 0.3 is 0 Å². The Bertz CT molecular complexity index is 309. The van der Waals surface area contributed by atoms with Crippen LogP contribution in [-0.4, -0.2) is 47.1 Å². The van der Waals surface area contributed by atoms with E-state index in [1.54, 1.807) is 0 Å². The molecule has 110 valence electrons. The summed E-state index contributed by atoms with van der Waals surface area (Å²) in [6.45, 7) is 3.71. The van der Waals surface area contributed by atoms with Crippen molar-refractivity contribution in [3.63, 3.8) is 0 Å². The third-order valence-electron chi connectivity index (χ3n) is 5.17. The second-order valence-corrected chi connectivity index (χ2v) is 7.76. The molecule has 3 fully saturated rings. The number of thioether (sulfide) groups is 1. The van der Waals surface area contributed by atoms with Gasteiger partial charge in [-0.1, -0.05) is 0 Å². The van der Waals surface area contributed by atoms with E-state index in [0.29, 0.717) is 5.92 Å². The Hall–Kier alpha value is 0.230. The van der Waals surface area contributed by atoms with Gasteiger partial charge in [-0.2, -0.15) is 11.8 Å². The highest BCUT2D eigenvalue weighted by molar-refractivity contribution is 7.99. The van der Waals surface area contributed by atoms with Crippen molar-refractivity contribution in [2.45, 2.75) is 62.8 Å². The second kappa shape index (κ2) is 5.55. The van der Waals surface area contributed by atoms with E-state index in [4.69, 9.17) is 9.47 Å². The molecule has 19 heavy (non-hydrogen) atoms. The molecule has 0 aromatic rings. The Morgan fingerprint density at radius 3 is 2.79 bits per heavy atom. The minimum atomic E-state index is -0.334. The molecule has 3 nitrogen and oxygen atoms in total. The first kappa shape index (κ1) is 14.2. The number of ether oxygens (including phenoxy) is 2. The van der Waals surface area contributed by atoms with E-state index >= 15 is 0 Å². The van der Waals surface area contributed by atoms with Crippen molar-refractivity contribution in [3.05, 3.63) is 0 Å². The van der Waals surface area contributed by atoms with Crippen molar-refractivity contribution >= 4 is 11.8 Å². The number of aliphatic hydroxyl groups is 1. The number of aliphatic hydroxyl groups excluding tert-OH is 1. The van der Waals surface area contributed by atoms with Gasteiger partial charge in [-0.3, -0.25) is 0 Å². The Labute approximate surface area is 120 Å². The molecule has 4 unspecified atom stereocenters. The lowest BCUT2D eigenvalue weighted by atomic mass is 9.75. The molecule has 0 saturated carbocycles. The Kier molecular flexibility index (Phi) is 4.14. The average Bonchev–Trinajstić information content (AvgIpc) is 2.87. The maximum absolute atomic E-state index is 10.8. The van der Waals surface area contributed by atoms with Crippen molar-refractivity contribution in [2.75, 3.05) is 24.7 Å². The van der Waals surface area contributed by atoms with Crippen LogP contribution in [0.1, 0.15) is 45.4 Å². The molecule has 0 aromatic heterocycles. The van der Waals surface area contributed by atoms with Crippen LogP contribution < -0.4 is 0 Å². The van der Waals surface area contributed by atoms with Gasteiger partial charge in [-0.15, -0.1) is 0 Å². The van der Waals surface area contributed by atoms with Gasteiger partial charge < -0.3 is 14.6 Å². The van der Waals surface area contributed by atoms with E-state index < -0.39 is 0 Å². The zero-order chi connectivity index (χ0) is 13.3. The fourth-order valence-electron chi connectivity index (χ4n) is 3.89. The summed E-state index contributed by atoms with van der Waals surface area (Å²) in [5.74, 6) is 2.65. The normalized spacial score (nSPS) is 45.5. The average molecular weight is 286 g/mol. The topological polar surface area (TPSA) is 38.7 Å². The first-order chi connectivity index (χ1) is 9.14. The fourth-order valence-corrected chi connectivity index (χ4v) is 5.26. The standard InChI is InChI=1S/C15H26O3S/c1-14(5-2-3-7-17-14)13(16)12-4-8-18-15(10-12)6-9-19-11-15/h12-13,16H,2-11H2,1H3. The van der Waals surface area contributed by atoms with Crippen LogP contribution in [0.25, 0.3) is 0 Å². The summed E-state index contributed by atoms with van der Waals surface area (Å²) in [6, 6.07) is 0. The van der Waals surface area contributed by atoms with Gasteiger partial charge in [-0.05, 0) is 57.1 Å². The lowest BCUT2D eigenvalue weighted by molar-refractivity contribution is -0.178. The molecular weight excluding hydrogens is 260 g/mol. The molecule has 0 amide bonds. The van der Waals surface area contributed by atoms with Crippen LogP contribution in [0.15, 0.2) is 0 Å². The lowest BCUT2D eigenvalue weighted by Crippen LogP contribution is -2.52. The summed E-state index contributed by atoms with van der Waals surface area (Å²) in [6.07, 6.45) is 6.12. The van der Waals surface area contributed by atoms with Crippen LogP contribution in [0.2, 0.25) is 0 Å². The van der Waals surface area contributed by atoms with Crippen LogP contribution in [0.4, 0.5) is 0 Å². The van der Waals surface area contributed by atoms with Crippen molar-refractivity contribution in [2.24, 2.45) is 5.92 Å². The lowest BCUT2D eigenvalue weighted by Gasteiger charge is -2.46. The highest BCUT2D eigenvalue weighted by Gasteiger charge is 2.47. The van der Waals surface area contributed by atoms with E-state index in [2.05, 4.69) is 6.92 Å². The zero-order valence-corrected chi connectivity index (χ0v) is 12.7. The smallest absolute Gasteiger partial charge is 0.0914 e. The van der Waals surface area contributed by atoms with Gasteiger partial charge in [-0.25, -0.2) is 0 Å². The molecule has 4 heteroatoms. The van der Waals surface area contributed by atoms with Crippen molar-refractivity contribution < 1.29 is 14.6 Å². The highest BCUT2D eigenvalue weighted by Crippen LogP contribution is 2.44. The minimum Gasteiger partial charge on any atom is -0.390 e. The van der Waals surface area contributed by atoms with Crippen molar-refractivity contribution in [1.82, 2.24) is 0 Å². The maximum Gasteiger partial charge on any atom is 0.0914 e. The SMILES string of the molecule is CC1(C(O)C2CCOC3(CCSC3)C2)CCCCO1. The summed E-state index contributed by atoms with van der Waals surface area (Å²) >= 11 is 1.99. The van der Waals surface area contributed by atoms with Gasteiger partial charge in [0.05, 0.1) is 17.3 Å². The van der Waals surface area contributed by atoms with Gasteiger partial charge in [0.1, 0.15) is 0 Å². The number of rotatable bonds is 2. The molecule has 1 spiro atoms. The maximum atomic E-state index is 10.8. The van der Waals surface area contributed by atoms with Gasteiger partial charge in [0.25, 0.3) is 0 Å². The molecule has 0 aromatic carbocycles. The molecule has 3 saturated heterocycles. The first-order valence-electron chi connectivity index (χ1n) is 7.67. The van der Waals surface area contributed by atoms with Gasteiger partial charge in [0.15, 0.2) is 0 Å². The van der Waals surface area contributed by atoms with Crippen molar-refractivity contribution in [1.29, 1.82) is 0 Å². The highest BCUT2D eigenvalue weighted by atomic mass is 32.2. The van der Waals surface area contributed by atoms with E-state index in [1.807, 2.05) is 11.8 Å². The molecule has 3 aliphatic rings. The minimum absolute atomic E-state index is 0.0551. The first-order valence-corrected chi connectivity index (χ1v) is 8.83. The summed E-state index contributed by atoms with van der Waals surface area (Å²) in [7, 11) is 0. The molecule has 1 N–H and O–H groups in total. The molecule has 3 rings (SSSR count). The second-order valence-electron chi connectivity index (χ2n) is 6.65. The predicted octanol–water partition coefficient (Wildman–Crippen LogP) is 2.61.